The van der Waals surface area contributed by atoms with E-state index in [9.17, 15) is 19.7 Å². The predicted molar refractivity (Wildman–Crippen MR) is 174 cm³/mol. The molecule has 1 heterocycles. The molecule has 45 heavy (non-hydrogen) atoms. The van der Waals surface area contributed by atoms with Gasteiger partial charge in [-0.05, 0) is 69.8 Å². The molecule has 1 aliphatic heterocycles. The van der Waals surface area contributed by atoms with E-state index in [2.05, 4.69) is 48.5 Å². The van der Waals surface area contributed by atoms with E-state index >= 15 is 0 Å². The largest absolute Gasteiger partial charge is 0.490 e. The minimum absolute atomic E-state index is 0.0128. The van der Waals surface area contributed by atoms with Crippen molar-refractivity contribution in [2.75, 3.05) is 26.9 Å². The summed E-state index contributed by atoms with van der Waals surface area (Å²) in [5.41, 5.74) is 4.26. The van der Waals surface area contributed by atoms with Gasteiger partial charge in [-0.2, -0.15) is 0 Å². The summed E-state index contributed by atoms with van der Waals surface area (Å²) in [6.45, 7) is 11.8. The molecule has 0 saturated carbocycles. The number of nitrogens with zero attached hydrogens (tertiary/aromatic N) is 2. The van der Waals surface area contributed by atoms with Gasteiger partial charge in [-0.25, -0.2) is 0 Å². The molecule has 5 rings (SSSR count). The van der Waals surface area contributed by atoms with Crippen molar-refractivity contribution >= 4 is 33.2 Å². The van der Waals surface area contributed by atoms with Crippen LogP contribution in [0.4, 0.5) is 5.69 Å². The lowest BCUT2D eigenvalue weighted by Gasteiger charge is -2.49. The average molecular weight is 682 g/mol. The van der Waals surface area contributed by atoms with Crippen molar-refractivity contribution in [3.63, 3.8) is 0 Å². The third kappa shape index (κ3) is 6.72. The van der Waals surface area contributed by atoms with E-state index in [-0.39, 0.29) is 34.7 Å². The zero-order valence-corrected chi connectivity index (χ0v) is 28.4. The SMILES string of the molecule is CCOc1cc(C2C3=C(CC(C)(C)CC3=O)N(CCOC)C3=C2C(=O)CC(C)(C)C3)cc(Br)c1OCc1cccc([N+](=O)[O-])c1. The molecule has 240 valence electrons. The first kappa shape index (κ1) is 32.9. The quantitative estimate of drug-likeness (QED) is 0.186. The zero-order chi connectivity index (χ0) is 32.7. The van der Waals surface area contributed by atoms with Gasteiger partial charge >= 0.3 is 0 Å². The molecule has 0 amide bonds. The first-order chi connectivity index (χ1) is 21.2. The molecule has 0 saturated heterocycles. The van der Waals surface area contributed by atoms with Crippen LogP contribution in [0.25, 0.3) is 0 Å². The molecule has 0 spiro atoms. The number of methoxy groups -OCH3 is 1. The van der Waals surface area contributed by atoms with Gasteiger partial charge in [-0.15, -0.1) is 0 Å². The molecule has 0 aromatic heterocycles. The van der Waals surface area contributed by atoms with Crippen LogP contribution in [0.2, 0.25) is 0 Å². The summed E-state index contributed by atoms with van der Waals surface area (Å²) in [6.07, 6.45) is 2.21. The number of nitro groups is 1. The fraction of sp³-hybridized carbons (Fsp3) is 0.486. The number of carbonyl (C=O) groups excluding carboxylic acids is 2. The molecule has 0 N–H and O–H groups in total. The van der Waals surface area contributed by atoms with Crippen molar-refractivity contribution < 1.29 is 28.7 Å². The van der Waals surface area contributed by atoms with E-state index in [4.69, 9.17) is 14.2 Å². The van der Waals surface area contributed by atoms with Crippen molar-refractivity contribution in [3.05, 3.63) is 84.7 Å². The number of Topliss-reactive ketones (excluding diaryl/α,β-unsaturated/α-hetero) is 2. The Labute approximate surface area is 272 Å². The molecule has 0 radical (unpaired) electrons. The van der Waals surface area contributed by atoms with Crippen molar-refractivity contribution in [2.45, 2.75) is 72.8 Å². The lowest BCUT2D eigenvalue weighted by Crippen LogP contribution is -2.45. The van der Waals surface area contributed by atoms with E-state index in [0.29, 0.717) is 78.1 Å². The molecule has 10 heteroatoms. The number of ether oxygens (including phenoxy) is 3. The highest BCUT2D eigenvalue weighted by Gasteiger charge is 2.49. The number of rotatable bonds is 10. The Bertz CT molecular complexity index is 1550. The average Bonchev–Trinajstić information content (AvgIpc) is 2.94. The molecule has 0 fully saturated rings. The van der Waals surface area contributed by atoms with Gasteiger partial charge in [0.25, 0.3) is 5.69 Å². The molecule has 2 aliphatic carbocycles. The van der Waals surface area contributed by atoms with Crippen LogP contribution in [0.3, 0.4) is 0 Å². The number of hydrogen-bond donors (Lipinski definition) is 0. The summed E-state index contributed by atoms with van der Waals surface area (Å²) >= 11 is 3.69. The number of nitro benzene ring substituents is 1. The molecular formula is C35H41BrN2O7. The zero-order valence-electron chi connectivity index (χ0n) is 26.8. The predicted octanol–water partition coefficient (Wildman–Crippen LogP) is 7.67. The van der Waals surface area contributed by atoms with Crippen LogP contribution >= 0.6 is 15.9 Å². The monoisotopic (exact) mass is 680 g/mol. The van der Waals surface area contributed by atoms with Crippen molar-refractivity contribution in [3.8, 4) is 11.5 Å². The molecule has 9 nitrogen and oxygen atoms in total. The number of non-ortho nitro benzene ring substituents is 1. The number of carbonyl (C=O) groups is 2. The minimum atomic E-state index is -0.540. The van der Waals surface area contributed by atoms with E-state index < -0.39 is 10.8 Å². The van der Waals surface area contributed by atoms with Gasteiger partial charge in [0.15, 0.2) is 23.1 Å². The molecule has 2 aromatic carbocycles. The Balaban J connectivity index is 1.64. The molecular weight excluding hydrogens is 640 g/mol. The third-order valence-electron chi connectivity index (χ3n) is 8.71. The van der Waals surface area contributed by atoms with E-state index in [1.54, 1.807) is 19.2 Å². The smallest absolute Gasteiger partial charge is 0.269 e. The Kier molecular flexibility index (Phi) is 9.29. The molecule has 0 bridgehead atoms. The molecule has 0 unspecified atom stereocenters. The number of ketones is 2. The second-order valence-electron chi connectivity index (χ2n) is 13.7. The molecule has 0 atom stereocenters. The minimum Gasteiger partial charge on any atom is -0.490 e. The maximum Gasteiger partial charge on any atom is 0.269 e. The topological polar surface area (TPSA) is 108 Å². The second-order valence-corrected chi connectivity index (χ2v) is 14.5. The number of hydrogen-bond acceptors (Lipinski definition) is 8. The van der Waals surface area contributed by atoms with Crippen LogP contribution < -0.4 is 9.47 Å². The third-order valence-corrected chi connectivity index (χ3v) is 9.30. The second kappa shape index (κ2) is 12.7. The summed E-state index contributed by atoms with van der Waals surface area (Å²) in [6, 6.07) is 10.1. The summed E-state index contributed by atoms with van der Waals surface area (Å²) in [7, 11) is 1.67. The first-order valence-electron chi connectivity index (χ1n) is 15.4. The van der Waals surface area contributed by atoms with Gasteiger partial charge in [0.05, 0.1) is 22.6 Å². The normalized spacial score (nSPS) is 19.4. The highest BCUT2D eigenvalue weighted by molar-refractivity contribution is 9.10. The van der Waals surface area contributed by atoms with Crippen molar-refractivity contribution in [1.29, 1.82) is 0 Å². The molecule has 2 aromatic rings. The van der Waals surface area contributed by atoms with Gasteiger partial charge in [0.1, 0.15) is 6.61 Å². The molecule has 3 aliphatic rings. The van der Waals surface area contributed by atoms with Crippen molar-refractivity contribution in [2.24, 2.45) is 10.8 Å². The fourth-order valence-corrected chi connectivity index (χ4v) is 7.48. The van der Waals surface area contributed by atoms with E-state index in [1.807, 2.05) is 19.1 Å². The fourth-order valence-electron chi connectivity index (χ4n) is 6.91. The van der Waals surface area contributed by atoms with Gasteiger partial charge in [0.2, 0.25) is 0 Å². The standard InChI is InChI=1S/C35H41BrN2O7/c1-7-44-29-15-22(14-24(36)33(29)45-20-21-9-8-10-23(13-21)38(41)42)30-31-25(16-34(2,3)18-27(31)39)37(11-12-43-6)26-17-35(4,5)19-28(40)32(26)30/h8-10,13-15,30H,7,11-12,16-20H2,1-6H3. The summed E-state index contributed by atoms with van der Waals surface area (Å²) in [4.78, 5) is 41.2. The Hall–Kier alpha value is -3.50. The van der Waals surface area contributed by atoms with Crippen LogP contribution in [0.15, 0.2) is 63.4 Å². The number of benzene rings is 2. The van der Waals surface area contributed by atoms with Crippen LogP contribution in [0, 0.1) is 20.9 Å². The van der Waals surface area contributed by atoms with Gasteiger partial charge in [-0.3, -0.25) is 19.7 Å². The Morgan fingerprint density at radius 1 is 0.956 bits per heavy atom. The highest BCUT2D eigenvalue weighted by Crippen LogP contribution is 2.55. The van der Waals surface area contributed by atoms with Gasteiger partial charge in [0, 0.05) is 67.1 Å². The van der Waals surface area contributed by atoms with Crippen LogP contribution in [-0.2, 0) is 20.9 Å². The lowest BCUT2D eigenvalue weighted by molar-refractivity contribution is -0.384. The number of halogens is 1. The van der Waals surface area contributed by atoms with E-state index in [0.717, 1.165) is 17.0 Å². The number of allylic oxidation sites excluding steroid dienone is 4. The van der Waals surface area contributed by atoms with Crippen LogP contribution in [0.5, 0.6) is 11.5 Å². The van der Waals surface area contributed by atoms with Gasteiger partial charge in [-0.1, -0.05) is 39.8 Å². The summed E-state index contributed by atoms with van der Waals surface area (Å²) in [5, 5.41) is 11.3. The van der Waals surface area contributed by atoms with E-state index in [1.165, 1.54) is 12.1 Å². The lowest BCUT2D eigenvalue weighted by atomic mass is 9.63. The van der Waals surface area contributed by atoms with Crippen molar-refractivity contribution in [1.82, 2.24) is 4.90 Å². The first-order valence-corrected chi connectivity index (χ1v) is 16.2. The maximum atomic E-state index is 14.1. The summed E-state index contributed by atoms with van der Waals surface area (Å²) < 4.78 is 18.3. The van der Waals surface area contributed by atoms with Crippen LogP contribution in [-0.4, -0.2) is 48.3 Å². The van der Waals surface area contributed by atoms with Gasteiger partial charge < -0.3 is 19.1 Å². The maximum absolute atomic E-state index is 14.1. The Morgan fingerprint density at radius 3 is 2.13 bits per heavy atom. The highest BCUT2D eigenvalue weighted by atomic mass is 79.9. The van der Waals surface area contributed by atoms with Crippen LogP contribution in [0.1, 0.15) is 77.3 Å². The summed E-state index contributed by atoms with van der Waals surface area (Å²) in [5.74, 6) is 0.476. The Morgan fingerprint density at radius 2 is 1.58 bits per heavy atom.